The van der Waals surface area contributed by atoms with E-state index < -0.39 is 27.8 Å². The molecule has 12 heteroatoms. The van der Waals surface area contributed by atoms with E-state index >= 15 is 0 Å². The standard InChI is InChI=1S/C16H24N2O4S.C2HF3O2/c1-2-23(19,20)18-9-10-22-16(13-18)7-3-5-14(16)12-21-15-6-4-8-17-11-15;3-2(4,5)1(6)7/h4,6,8,11,14H,2-3,5,7,9-10,12-13H2,1H3;(H,6,7)/t14-,16+;/m0./s1. The van der Waals surface area contributed by atoms with Gasteiger partial charge in [-0.2, -0.15) is 17.5 Å². The number of aromatic nitrogens is 1. The third kappa shape index (κ3) is 6.29. The van der Waals surface area contributed by atoms with Crippen LogP contribution in [0.15, 0.2) is 24.5 Å². The molecule has 0 radical (unpaired) electrons. The third-order valence-electron chi connectivity index (χ3n) is 5.16. The van der Waals surface area contributed by atoms with Crippen molar-refractivity contribution in [3.8, 4) is 5.75 Å². The maximum atomic E-state index is 12.2. The van der Waals surface area contributed by atoms with Crippen molar-refractivity contribution in [1.29, 1.82) is 0 Å². The summed E-state index contributed by atoms with van der Waals surface area (Å²) in [6.07, 6.45) is 1.25. The maximum absolute atomic E-state index is 12.2. The van der Waals surface area contributed by atoms with Crippen LogP contribution in [0.2, 0.25) is 0 Å². The lowest BCUT2D eigenvalue weighted by molar-refractivity contribution is -0.192. The highest BCUT2D eigenvalue weighted by Gasteiger charge is 2.49. The van der Waals surface area contributed by atoms with Crippen molar-refractivity contribution >= 4 is 16.0 Å². The molecular formula is C18H25F3N2O6S. The number of carbonyl (C=O) groups is 1. The zero-order chi connectivity index (χ0) is 22.4. The van der Waals surface area contributed by atoms with Crippen molar-refractivity contribution < 1.29 is 41.0 Å². The van der Waals surface area contributed by atoms with Crippen LogP contribution in [0.3, 0.4) is 0 Å². The number of hydrogen-bond donors (Lipinski definition) is 1. The largest absolute Gasteiger partial charge is 0.492 e. The molecular weight excluding hydrogens is 429 g/mol. The number of aliphatic carboxylic acids is 1. The summed E-state index contributed by atoms with van der Waals surface area (Å²) in [7, 11) is -3.17. The lowest BCUT2D eigenvalue weighted by Crippen LogP contribution is -2.56. The number of morpholine rings is 1. The average Bonchev–Trinajstić information content (AvgIpc) is 3.08. The molecule has 1 aliphatic heterocycles. The Morgan fingerprint density at radius 1 is 1.47 bits per heavy atom. The van der Waals surface area contributed by atoms with Gasteiger partial charge in [-0.25, -0.2) is 13.2 Å². The Bertz CT molecular complexity index is 806. The van der Waals surface area contributed by atoms with Crippen LogP contribution in [0, 0.1) is 5.92 Å². The highest BCUT2D eigenvalue weighted by molar-refractivity contribution is 7.89. The predicted octanol–water partition coefficient (Wildman–Crippen LogP) is 2.31. The monoisotopic (exact) mass is 454 g/mol. The lowest BCUT2D eigenvalue weighted by Gasteiger charge is -2.43. The van der Waals surface area contributed by atoms with Gasteiger partial charge in [-0.15, -0.1) is 0 Å². The third-order valence-corrected chi connectivity index (χ3v) is 6.99. The van der Waals surface area contributed by atoms with E-state index in [0.29, 0.717) is 26.3 Å². The second-order valence-electron chi connectivity index (χ2n) is 7.04. The van der Waals surface area contributed by atoms with Gasteiger partial charge in [0.15, 0.2) is 0 Å². The molecule has 2 heterocycles. The smallest absolute Gasteiger partial charge is 0.490 e. The fraction of sp³-hybridized carbons (Fsp3) is 0.667. The van der Waals surface area contributed by atoms with E-state index in [2.05, 4.69) is 4.98 Å². The molecule has 8 nitrogen and oxygen atoms in total. The summed E-state index contributed by atoms with van der Waals surface area (Å²) in [5.41, 5.74) is -0.400. The van der Waals surface area contributed by atoms with Gasteiger partial charge < -0.3 is 14.6 Å². The Balaban J connectivity index is 0.000000396. The van der Waals surface area contributed by atoms with E-state index in [9.17, 15) is 21.6 Å². The number of hydrogen-bond acceptors (Lipinski definition) is 6. The SMILES string of the molecule is CCS(=O)(=O)N1CCO[C@]2(CCC[C@H]2COc2cccnc2)C1.O=C(O)C(F)(F)F. The number of pyridine rings is 1. The number of sulfonamides is 1. The molecule has 1 aromatic rings. The number of halogens is 3. The molecule has 1 saturated heterocycles. The Labute approximate surface area is 173 Å². The Morgan fingerprint density at radius 3 is 2.73 bits per heavy atom. The van der Waals surface area contributed by atoms with Crippen molar-refractivity contribution in [2.45, 2.75) is 38.0 Å². The number of rotatable bonds is 5. The first-order valence-corrected chi connectivity index (χ1v) is 11.1. The summed E-state index contributed by atoms with van der Waals surface area (Å²) in [6.45, 7) is 3.59. The van der Waals surface area contributed by atoms with Crippen LogP contribution in [-0.4, -0.2) is 72.6 Å². The summed E-state index contributed by atoms with van der Waals surface area (Å²) in [5, 5.41) is 7.12. The number of nitrogens with zero attached hydrogens (tertiary/aromatic N) is 2. The van der Waals surface area contributed by atoms with Crippen molar-refractivity contribution in [1.82, 2.24) is 9.29 Å². The maximum Gasteiger partial charge on any atom is 0.490 e. The van der Waals surface area contributed by atoms with Gasteiger partial charge in [0.2, 0.25) is 10.0 Å². The number of alkyl halides is 3. The lowest BCUT2D eigenvalue weighted by atomic mass is 9.90. The van der Waals surface area contributed by atoms with E-state index in [0.717, 1.165) is 25.0 Å². The van der Waals surface area contributed by atoms with Gasteiger partial charge in [0.25, 0.3) is 0 Å². The summed E-state index contributed by atoms with van der Waals surface area (Å²) in [4.78, 5) is 12.9. The van der Waals surface area contributed by atoms with Crippen molar-refractivity contribution in [2.24, 2.45) is 5.92 Å². The quantitative estimate of drug-likeness (QED) is 0.728. The van der Waals surface area contributed by atoms with E-state index in [1.165, 1.54) is 0 Å². The molecule has 2 fully saturated rings. The Morgan fingerprint density at radius 2 is 2.17 bits per heavy atom. The van der Waals surface area contributed by atoms with E-state index in [4.69, 9.17) is 19.4 Å². The topological polar surface area (TPSA) is 106 Å². The second-order valence-corrected chi connectivity index (χ2v) is 9.30. The van der Waals surface area contributed by atoms with Crippen LogP contribution >= 0.6 is 0 Å². The first kappa shape index (κ1) is 24.4. The second kappa shape index (κ2) is 9.92. The number of carboxylic acid groups (broad SMARTS) is 1. The molecule has 170 valence electrons. The van der Waals surface area contributed by atoms with E-state index in [1.54, 1.807) is 23.6 Å². The number of ether oxygens (including phenoxy) is 2. The molecule has 1 aliphatic carbocycles. The molecule has 3 rings (SSSR count). The van der Waals surface area contributed by atoms with Crippen LogP contribution in [0.25, 0.3) is 0 Å². The molecule has 0 aromatic carbocycles. The van der Waals surface area contributed by atoms with Gasteiger partial charge in [-0.1, -0.05) is 0 Å². The van der Waals surface area contributed by atoms with Gasteiger partial charge in [0.1, 0.15) is 5.75 Å². The van der Waals surface area contributed by atoms with Crippen LogP contribution in [0.4, 0.5) is 13.2 Å². The highest BCUT2D eigenvalue weighted by atomic mass is 32.2. The van der Waals surface area contributed by atoms with Gasteiger partial charge in [-0.3, -0.25) is 4.98 Å². The summed E-state index contributed by atoms with van der Waals surface area (Å²) in [5.74, 6) is -1.67. The van der Waals surface area contributed by atoms with Gasteiger partial charge in [0.05, 0.1) is 30.8 Å². The Hall–Kier alpha value is -1.92. The van der Waals surface area contributed by atoms with Gasteiger partial charge >= 0.3 is 12.1 Å². The predicted molar refractivity (Wildman–Crippen MR) is 100 cm³/mol. The van der Waals surface area contributed by atoms with Crippen molar-refractivity contribution in [3.05, 3.63) is 24.5 Å². The van der Waals surface area contributed by atoms with Crippen LogP contribution in [0.5, 0.6) is 5.75 Å². The molecule has 2 atom stereocenters. The minimum absolute atomic E-state index is 0.139. The molecule has 0 unspecified atom stereocenters. The molecule has 2 aliphatic rings. The van der Waals surface area contributed by atoms with Gasteiger partial charge in [0, 0.05) is 25.2 Å². The summed E-state index contributed by atoms with van der Waals surface area (Å²) in [6, 6.07) is 3.72. The molecule has 0 amide bonds. The van der Waals surface area contributed by atoms with E-state index in [1.807, 2.05) is 12.1 Å². The first-order chi connectivity index (χ1) is 14.0. The fourth-order valence-electron chi connectivity index (χ4n) is 3.57. The van der Waals surface area contributed by atoms with Crippen LogP contribution < -0.4 is 4.74 Å². The molecule has 1 aromatic heterocycles. The molecule has 0 bridgehead atoms. The fourth-order valence-corrected chi connectivity index (χ4v) is 4.70. The summed E-state index contributed by atoms with van der Waals surface area (Å²) >= 11 is 0. The molecule has 1 spiro atoms. The Kier molecular flexibility index (Phi) is 8.06. The average molecular weight is 454 g/mol. The van der Waals surface area contributed by atoms with Crippen molar-refractivity contribution in [3.63, 3.8) is 0 Å². The zero-order valence-electron chi connectivity index (χ0n) is 16.5. The van der Waals surface area contributed by atoms with Gasteiger partial charge in [-0.05, 0) is 38.3 Å². The first-order valence-electron chi connectivity index (χ1n) is 9.45. The minimum Gasteiger partial charge on any atom is -0.492 e. The van der Waals surface area contributed by atoms with Crippen molar-refractivity contribution in [2.75, 3.05) is 32.1 Å². The zero-order valence-corrected chi connectivity index (χ0v) is 17.3. The molecule has 30 heavy (non-hydrogen) atoms. The minimum atomic E-state index is -5.08. The molecule has 1 saturated carbocycles. The van der Waals surface area contributed by atoms with Crippen LogP contribution in [-0.2, 0) is 19.6 Å². The van der Waals surface area contributed by atoms with E-state index in [-0.39, 0.29) is 11.7 Å². The normalized spacial score (nSPS) is 24.9. The highest BCUT2D eigenvalue weighted by Crippen LogP contribution is 2.41. The van der Waals surface area contributed by atoms with Crippen LogP contribution in [0.1, 0.15) is 26.2 Å². The molecule has 1 N–H and O–H groups in total. The number of carboxylic acids is 1. The summed E-state index contributed by atoms with van der Waals surface area (Å²) < 4.78 is 69.7.